The number of likely N-dealkylation sites (tertiary alicyclic amines) is 1. The Morgan fingerprint density at radius 3 is 2.31 bits per heavy atom. The fourth-order valence-corrected chi connectivity index (χ4v) is 4.25. The molecule has 3 aromatic rings. The number of hydrogen-bond donors (Lipinski definition) is 0. The number of halogens is 1. The average molecular weight is 435 g/mol. The van der Waals surface area contributed by atoms with Crippen molar-refractivity contribution in [3.63, 3.8) is 0 Å². The lowest BCUT2D eigenvalue weighted by Crippen LogP contribution is -2.38. The SMILES string of the molecule is CN(Cc1ccc(Oc2ncccn2)cc1)CC1CCN(CCc2ccc(F)cc2)CC1. The van der Waals surface area contributed by atoms with Gasteiger partial charge in [0.05, 0.1) is 0 Å². The highest BCUT2D eigenvalue weighted by atomic mass is 19.1. The molecule has 32 heavy (non-hydrogen) atoms. The van der Waals surface area contributed by atoms with Gasteiger partial charge in [-0.1, -0.05) is 24.3 Å². The van der Waals surface area contributed by atoms with E-state index in [0.29, 0.717) is 6.01 Å². The lowest BCUT2D eigenvalue weighted by molar-refractivity contribution is 0.153. The van der Waals surface area contributed by atoms with E-state index in [1.54, 1.807) is 30.6 Å². The Bertz CT molecular complexity index is 942. The Kier molecular flexibility index (Phi) is 7.80. The molecule has 0 radical (unpaired) electrons. The second-order valence-electron chi connectivity index (χ2n) is 8.64. The third kappa shape index (κ3) is 6.84. The van der Waals surface area contributed by atoms with Crippen LogP contribution >= 0.6 is 0 Å². The van der Waals surface area contributed by atoms with Crippen LogP contribution in [0.25, 0.3) is 0 Å². The first-order valence-corrected chi connectivity index (χ1v) is 11.3. The number of hydrogen-bond acceptors (Lipinski definition) is 5. The summed E-state index contributed by atoms with van der Waals surface area (Å²) >= 11 is 0. The Morgan fingerprint density at radius 1 is 0.969 bits per heavy atom. The number of piperidine rings is 1. The van der Waals surface area contributed by atoms with Crippen LogP contribution in [0.2, 0.25) is 0 Å². The van der Waals surface area contributed by atoms with Gasteiger partial charge in [-0.3, -0.25) is 0 Å². The highest BCUT2D eigenvalue weighted by Gasteiger charge is 2.20. The molecule has 1 saturated heterocycles. The third-order valence-corrected chi connectivity index (χ3v) is 6.03. The van der Waals surface area contributed by atoms with Gasteiger partial charge in [0.1, 0.15) is 11.6 Å². The predicted octanol–water partition coefficient (Wildman–Crippen LogP) is 4.79. The molecule has 0 unspecified atom stereocenters. The van der Waals surface area contributed by atoms with Crippen LogP contribution in [0.3, 0.4) is 0 Å². The fraction of sp³-hybridized carbons (Fsp3) is 0.385. The van der Waals surface area contributed by atoms with Crippen LogP contribution < -0.4 is 4.74 Å². The van der Waals surface area contributed by atoms with Crippen molar-refractivity contribution in [3.8, 4) is 11.8 Å². The molecule has 0 bridgehead atoms. The Hall–Kier alpha value is -2.83. The van der Waals surface area contributed by atoms with Gasteiger partial charge >= 0.3 is 6.01 Å². The zero-order valence-electron chi connectivity index (χ0n) is 18.7. The maximum Gasteiger partial charge on any atom is 0.321 e. The van der Waals surface area contributed by atoms with Crippen molar-refractivity contribution >= 4 is 0 Å². The Morgan fingerprint density at radius 2 is 1.62 bits per heavy atom. The molecule has 2 heterocycles. The van der Waals surface area contributed by atoms with Gasteiger partial charge in [-0.2, -0.15) is 0 Å². The summed E-state index contributed by atoms with van der Waals surface area (Å²) in [5.74, 6) is 1.32. The predicted molar refractivity (Wildman–Crippen MR) is 124 cm³/mol. The number of ether oxygens (including phenoxy) is 1. The molecule has 0 atom stereocenters. The molecule has 5 nitrogen and oxygen atoms in total. The summed E-state index contributed by atoms with van der Waals surface area (Å²) < 4.78 is 18.7. The molecule has 0 aliphatic carbocycles. The molecule has 1 fully saturated rings. The monoisotopic (exact) mass is 434 g/mol. The molecule has 4 rings (SSSR count). The maximum atomic E-state index is 13.0. The van der Waals surface area contributed by atoms with Crippen LogP contribution in [0.4, 0.5) is 4.39 Å². The van der Waals surface area contributed by atoms with E-state index in [1.165, 1.54) is 24.0 Å². The summed E-state index contributed by atoms with van der Waals surface area (Å²) in [6, 6.07) is 17.2. The van der Waals surface area contributed by atoms with Crippen LogP contribution in [0.1, 0.15) is 24.0 Å². The zero-order valence-corrected chi connectivity index (χ0v) is 18.7. The first-order chi connectivity index (χ1) is 15.6. The lowest BCUT2D eigenvalue weighted by atomic mass is 9.95. The van der Waals surface area contributed by atoms with Gasteiger partial charge in [-0.25, -0.2) is 14.4 Å². The molecule has 6 heteroatoms. The molecule has 0 saturated carbocycles. The molecular weight excluding hydrogens is 403 g/mol. The van der Waals surface area contributed by atoms with Crippen LogP contribution in [0.5, 0.6) is 11.8 Å². The largest absolute Gasteiger partial charge is 0.424 e. The highest BCUT2D eigenvalue weighted by molar-refractivity contribution is 5.29. The van der Waals surface area contributed by atoms with Crippen LogP contribution in [-0.4, -0.2) is 53.0 Å². The second kappa shape index (κ2) is 11.2. The summed E-state index contributed by atoms with van der Waals surface area (Å²) in [7, 11) is 2.20. The fourth-order valence-electron chi connectivity index (χ4n) is 4.25. The number of benzene rings is 2. The highest BCUT2D eigenvalue weighted by Crippen LogP contribution is 2.21. The van der Waals surface area contributed by atoms with Crippen molar-refractivity contribution in [2.24, 2.45) is 5.92 Å². The summed E-state index contributed by atoms with van der Waals surface area (Å²) in [6.07, 6.45) is 6.79. The number of nitrogens with zero attached hydrogens (tertiary/aromatic N) is 4. The lowest BCUT2D eigenvalue weighted by Gasteiger charge is -2.34. The van der Waals surface area contributed by atoms with Crippen LogP contribution in [-0.2, 0) is 13.0 Å². The van der Waals surface area contributed by atoms with E-state index in [0.717, 1.165) is 50.8 Å². The normalized spacial score (nSPS) is 15.2. The van der Waals surface area contributed by atoms with E-state index >= 15 is 0 Å². The first kappa shape index (κ1) is 22.4. The molecule has 1 aliphatic rings. The smallest absolute Gasteiger partial charge is 0.321 e. The molecule has 0 spiro atoms. The van der Waals surface area contributed by atoms with Crippen molar-refractivity contribution < 1.29 is 9.13 Å². The van der Waals surface area contributed by atoms with Crippen molar-refractivity contribution in [1.82, 2.24) is 19.8 Å². The van der Waals surface area contributed by atoms with Gasteiger partial charge in [0.2, 0.25) is 0 Å². The zero-order chi connectivity index (χ0) is 22.2. The molecule has 0 N–H and O–H groups in total. The van der Waals surface area contributed by atoms with E-state index in [-0.39, 0.29) is 5.82 Å². The van der Waals surface area contributed by atoms with E-state index in [1.807, 2.05) is 24.3 Å². The first-order valence-electron chi connectivity index (χ1n) is 11.3. The van der Waals surface area contributed by atoms with Crippen molar-refractivity contribution in [2.75, 3.05) is 33.2 Å². The molecule has 1 aromatic heterocycles. The minimum Gasteiger partial charge on any atom is -0.424 e. The minimum absolute atomic E-state index is 0.162. The quantitative estimate of drug-likeness (QED) is 0.484. The molecule has 2 aromatic carbocycles. The van der Waals surface area contributed by atoms with Crippen LogP contribution in [0.15, 0.2) is 67.0 Å². The van der Waals surface area contributed by atoms with Crippen LogP contribution in [0, 0.1) is 11.7 Å². The van der Waals surface area contributed by atoms with Gasteiger partial charge in [-0.05, 0) is 86.8 Å². The Labute approximate surface area is 189 Å². The van der Waals surface area contributed by atoms with E-state index in [4.69, 9.17) is 4.74 Å². The summed E-state index contributed by atoms with van der Waals surface area (Å²) in [5, 5.41) is 0. The molecule has 1 aliphatic heterocycles. The van der Waals surface area contributed by atoms with Gasteiger partial charge < -0.3 is 14.5 Å². The van der Waals surface area contributed by atoms with E-state index in [9.17, 15) is 4.39 Å². The summed E-state index contributed by atoms with van der Waals surface area (Å²) in [6.45, 7) is 5.38. The number of rotatable bonds is 9. The van der Waals surface area contributed by atoms with Crippen molar-refractivity contribution in [1.29, 1.82) is 0 Å². The minimum atomic E-state index is -0.162. The van der Waals surface area contributed by atoms with Gasteiger partial charge in [0, 0.05) is 32.0 Å². The second-order valence-corrected chi connectivity index (χ2v) is 8.64. The molecular formula is C26H31FN4O. The van der Waals surface area contributed by atoms with Crippen molar-refractivity contribution in [3.05, 3.63) is 83.9 Å². The average Bonchev–Trinajstić information content (AvgIpc) is 2.82. The maximum absolute atomic E-state index is 13.0. The van der Waals surface area contributed by atoms with Gasteiger partial charge in [-0.15, -0.1) is 0 Å². The number of aromatic nitrogens is 2. The van der Waals surface area contributed by atoms with Gasteiger partial charge in [0.25, 0.3) is 0 Å². The molecule has 0 amide bonds. The topological polar surface area (TPSA) is 41.5 Å². The Balaban J connectivity index is 1.16. The van der Waals surface area contributed by atoms with E-state index < -0.39 is 0 Å². The summed E-state index contributed by atoms with van der Waals surface area (Å²) in [4.78, 5) is 13.1. The van der Waals surface area contributed by atoms with Gasteiger partial charge in [0.15, 0.2) is 0 Å². The summed E-state index contributed by atoms with van der Waals surface area (Å²) in [5.41, 5.74) is 2.48. The van der Waals surface area contributed by atoms with Crippen molar-refractivity contribution in [2.45, 2.75) is 25.8 Å². The standard InChI is InChI=1S/C26H31FN4O/c1-30(19-22-5-9-25(10-6-22)32-26-28-14-2-15-29-26)20-23-12-17-31(18-13-23)16-11-21-3-7-24(27)8-4-21/h2-10,14-15,23H,11-13,16-20H2,1H3. The van der Waals surface area contributed by atoms with E-state index in [2.05, 4.69) is 38.9 Å². The third-order valence-electron chi connectivity index (χ3n) is 6.03. The molecule has 168 valence electrons.